The number of para-hydroxylation sites is 1. The van der Waals surface area contributed by atoms with Gasteiger partial charge in [-0.15, -0.1) is 0 Å². The van der Waals surface area contributed by atoms with Crippen LogP contribution in [0.4, 0.5) is 4.79 Å². The number of nitrogens with one attached hydrogen (secondary N) is 4. The molecule has 0 fully saturated rings. The number of carboxylic acid groups (broad SMARTS) is 1. The van der Waals surface area contributed by atoms with Gasteiger partial charge in [-0.05, 0) is 66.3 Å². The number of rotatable bonds is 20. The molecule has 0 bridgehead atoms. The second-order valence-electron chi connectivity index (χ2n) is 14.0. The lowest BCUT2D eigenvalue weighted by molar-refractivity contribution is -0.153. The number of amides is 5. The Morgan fingerprint density at radius 3 is 2.00 bits per heavy atom. The number of hydrogen-bond donors (Lipinski definition) is 7. The Balaban J connectivity index is 1.40. The summed E-state index contributed by atoms with van der Waals surface area (Å²) in [5, 5.41) is 28.5. The van der Waals surface area contributed by atoms with Crippen LogP contribution in [-0.4, -0.2) is 87.0 Å². The van der Waals surface area contributed by atoms with E-state index >= 15 is 0 Å². The van der Waals surface area contributed by atoms with Crippen molar-refractivity contribution in [2.24, 2.45) is 5.73 Å². The molecule has 0 aliphatic rings. The molecule has 15 nitrogen and oxygen atoms in total. The highest BCUT2D eigenvalue weighted by molar-refractivity contribution is 6.03. The molecule has 308 valence electrons. The number of carbonyl (C=O) groups excluding carboxylic acids is 5. The summed E-state index contributed by atoms with van der Waals surface area (Å²) in [4.78, 5) is 85.0. The van der Waals surface area contributed by atoms with E-state index in [0.29, 0.717) is 41.0 Å². The lowest BCUT2D eigenvalue weighted by Crippen LogP contribution is -2.58. The number of carboxylic acids is 1. The molecule has 0 radical (unpaired) electrons. The van der Waals surface area contributed by atoms with Crippen LogP contribution < -0.4 is 21.7 Å². The number of ether oxygens (including phenoxy) is 1. The molecule has 0 spiro atoms. The van der Waals surface area contributed by atoms with Gasteiger partial charge < -0.3 is 41.6 Å². The summed E-state index contributed by atoms with van der Waals surface area (Å²) in [6.07, 6.45) is 1.38. The maximum atomic E-state index is 14.2. The Hall–Kier alpha value is -7.00. The van der Waals surface area contributed by atoms with Crippen molar-refractivity contribution in [2.45, 2.75) is 63.3 Å². The highest BCUT2D eigenvalue weighted by Crippen LogP contribution is 2.20. The topological polar surface area (TPSA) is 233 Å². The molecule has 3 atom stereocenters. The first-order valence-corrected chi connectivity index (χ1v) is 19.2. The lowest BCUT2D eigenvalue weighted by atomic mass is 10.0. The summed E-state index contributed by atoms with van der Waals surface area (Å²) in [6, 6.07) is 26.8. The highest BCUT2D eigenvalue weighted by Gasteiger charge is 2.35. The van der Waals surface area contributed by atoms with Gasteiger partial charge in [0.15, 0.2) is 0 Å². The van der Waals surface area contributed by atoms with Gasteiger partial charge in [0.25, 0.3) is 5.91 Å². The van der Waals surface area contributed by atoms with Crippen molar-refractivity contribution < 1.29 is 43.7 Å². The maximum absolute atomic E-state index is 14.2. The summed E-state index contributed by atoms with van der Waals surface area (Å²) in [6.45, 7) is -0.720. The predicted octanol–water partition coefficient (Wildman–Crippen LogP) is 3.73. The number of benzene rings is 4. The van der Waals surface area contributed by atoms with Gasteiger partial charge in [-0.1, -0.05) is 91.0 Å². The number of alkyl carbamates (subject to hydrolysis) is 1. The summed E-state index contributed by atoms with van der Waals surface area (Å²) in [5.74, 6) is -4.79. The number of nitrogens with two attached hydrogens (primary N) is 1. The number of unbranched alkanes of at least 4 members (excludes halogenated alkanes) is 1. The minimum Gasteiger partial charge on any atom is -0.508 e. The number of aromatic hydroxyl groups is 1. The van der Waals surface area contributed by atoms with Gasteiger partial charge in [-0.3, -0.25) is 28.9 Å². The second-order valence-corrected chi connectivity index (χ2v) is 14.0. The van der Waals surface area contributed by atoms with Crippen molar-refractivity contribution in [1.29, 1.82) is 0 Å². The van der Waals surface area contributed by atoms with Crippen molar-refractivity contribution in [2.75, 3.05) is 13.1 Å². The van der Waals surface area contributed by atoms with Crippen molar-refractivity contribution >= 4 is 46.6 Å². The van der Waals surface area contributed by atoms with E-state index in [4.69, 9.17) is 10.5 Å². The molecule has 5 aromatic rings. The van der Waals surface area contributed by atoms with Gasteiger partial charge in [0.05, 0.1) is 6.42 Å². The molecule has 0 saturated heterocycles. The SMILES string of the molecule is NCCCC[C@H](NC(=O)[C@H](Cc1c[nH]c2ccccc12)NC(=O)OCc1ccccc1)C(=O)N[C@@H](Cc1ccc(O)cc1)C(=O)N(CC(=O)O)C(=O)Cc1ccccc1. The third kappa shape index (κ3) is 13.0. The Morgan fingerprint density at radius 1 is 0.695 bits per heavy atom. The molecule has 8 N–H and O–H groups in total. The summed E-state index contributed by atoms with van der Waals surface area (Å²) in [7, 11) is 0. The molecule has 0 aliphatic heterocycles. The van der Waals surface area contributed by atoms with E-state index < -0.39 is 60.4 Å². The zero-order valence-corrected chi connectivity index (χ0v) is 32.3. The molecule has 4 aromatic carbocycles. The third-order valence-electron chi connectivity index (χ3n) is 9.55. The number of fused-ring (bicyclic) bond motifs is 1. The average Bonchev–Trinajstić information content (AvgIpc) is 3.64. The van der Waals surface area contributed by atoms with Gasteiger partial charge in [-0.25, -0.2) is 4.79 Å². The first-order chi connectivity index (χ1) is 28.5. The van der Waals surface area contributed by atoms with Gasteiger partial charge in [0, 0.05) is 29.9 Å². The zero-order chi connectivity index (χ0) is 42.1. The predicted molar refractivity (Wildman–Crippen MR) is 219 cm³/mol. The smallest absolute Gasteiger partial charge is 0.408 e. The van der Waals surface area contributed by atoms with Crippen LogP contribution in [0.3, 0.4) is 0 Å². The van der Waals surface area contributed by atoms with Crippen molar-refractivity contribution in [3.8, 4) is 5.75 Å². The van der Waals surface area contributed by atoms with E-state index in [0.717, 1.165) is 16.5 Å². The lowest BCUT2D eigenvalue weighted by Gasteiger charge is -2.28. The van der Waals surface area contributed by atoms with E-state index in [9.17, 15) is 39.0 Å². The third-order valence-corrected chi connectivity index (χ3v) is 9.55. The van der Waals surface area contributed by atoms with Crippen molar-refractivity contribution in [1.82, 2.24) is 25.8 Å². The quantitative estimate of drug-likeness (QED) is 0.0564. The normalized spacial score (nSPS) is 12.4. The molecular formula is C44H48N6O9. The van der Waals surface area contributed by atoms with Crippen LogP contribution in [0.25, 0.3) is 10.9 Å². The number of H-pyrrole nitrogens is 1. The van der Waals surface area contributed by atoms with Crippen LogP contribution in [0.15, 0.2) is 115 Å². The fourth-order valence-corrected chi connectivity index (χ4v) is 6.49. The first-order valence-electron chi connectivity index (χ1n) is 19.2. The Labute approximate surface area is 340 Å². The van der Waals surface area contributed by atoms with E-state index in [1.54, 1.807) is 60.8 Å². The molecule has 15 heteroatoms. The molecule has 0 unspecified atom stereocenters. The Kier molecular flexibility index (Phi) is 15.7. The zero-order valence-electron chi connectivity index (χ0n) is 32.3. The number of aromatic amines is 1. The molecular weight excluding hydrogens is 757 g/mol. The summed E-state index contributed by atoms with van der Waals surface area (Å²) in [5.41, 5.74) is 9.05. The Bertz CT molecular complexity index is 2190. The van der Waals surface area contributed by atoms with Gasteiger partial charge in [0.2, 0.25) is 17.7 Å². The Morgan fingerprint density at radius 2 is 1.32 bits per heavy atom. The van der Waals surface area contributed by atoms with E-state index in [1.807, 2.05) is 30.3 Å². The van der Waals surface area contributed by atoms with E-state index in [-0.39, 0.29) is 38.0 Å². The van der Waals surface area contributed by atoms with E-state index in [2.05, 4.69) is 20.9 Å². The standard InChI is InChI=1S/C44H48N6O9/c45-22-10-9-17-36(47-42(56)37(25-32-26-46-35-16-8-7-15-34(32)35)49-44(58)59-28-31-13-5-2-6-14-31)41(55)48-38(23-30-18-20-33(51)21-19-30)43(57)50(27-40(53)54)39(52)24-29-11-3-1-4-12-29/h1-8,11-16,18-21,26,36-38,46,51H,9-10,17,22-25,27-28,45H2,(H,47,56)(H,48,55)(H,49,58)(H,53,54)/t36-,37-,38-/m0/s1. The van der Waals surface area contributed by atoms with Gasteiger partial charge in [-0.2, -0.15) is 0 Å². The van der Waals surface area contributed by atoms with Crippen LogP contribution >= 0.6 is 0 Å². The van der Waals surface area contributed by atoms with Crippen LogP contribution in [0.2, 0.25) is 0 Å². The number of nitrogens with zero attached hydrogens (tertiary/aromatic N) is 1. The molecule has 1 aromatic heterocycles. The van der Waals surface area contributed by atoms with Crippen LogP contribution in [-0.2, 0) is 54.6 Å². The average molecular weight is 805 g/mol. The number of aliphatic carboxylic acids is 1. The van der Waals surface area contributed by atoms with Crippen molar-refractivity contribution in [3.63, 3.8) is 0 Å². The number of carbonyl (C=O) groups is 6. The molecule has 1 heterocycles. The molecule has 59 heavy (non-hydrogen) atoms. The number of hydrogen-bond acceptors (Lipinski definition) is 9. The fourth-order valence-electron chi connectivity index (χ4n) is 6.49. The van der Waals surface area contributed by atoms with Crippen molar-refractivity contribution in [3.05, 3.63) is 138 Å². The fraction of sp³-hybridized carbons (Fsp3) is 0.273. The monoisotopic (exact) mass is 804 g/mol. The number of imide groups is 1. The molecule has 0 saturated carbocycles. The maximum Gasteiger partial charge on any atom is 0.408 e. The molecule has 0 aliphatic carbocycles. The van der Waals surface area contributed by atoms with Gasteiger partial charge in [0.1, 0.15) is 37.0 Å². The van der Waals surface area contributed by atoms with E-state index in [1.165, 1.54) is 24.3 Å². The van der Waals surface area contributed by atoms with Crippen LogP contribution in [0.1, 0.15) is 41.5 Å². The summed E-state index contributed by atoms with van der Waals surface area (Å²) < 4.78 is 5.44. The minimum atomic E-state index is -1.48. The molecule has 5 rings (SSSR count). The highest BCUT2D eigenvalue weighted by atomic mass is 16.5. The minimum absolute atomic E-state index is 0.0169. The largest absolute Gasteiger partial charge is 0.508 e. The second kappa shape index (κ2) is 21.5. The number of aromatic nitrogens is 1. The van der Waals surface area contributed by atoms with Crippen LogP contribution in [0.5, 0.6) is 5.75 Å². The number of phenolic OH excluding ortho intramolecular Hbond substituents is 1. The van der Waals surface area contributed by atoms with Crippen LogP contribution in [0, 0.1) is 0 Å². The first kappa shape index (κ1) is 43.1. The number of phenols is 1. The summed E-state index contributed by atoms with van der Waals surface area (Å²) >= 11 is 0. The molecule has 5 amide bonds. The van der Waals surface area contributed by atoms with Gasteiger partial charge >= 0.3 is 12.1 Å².